The molecule has 0 spiro atoms. The molecule has 2 aromatic rings. The number of anilines is 1. The van der Waals surface area contributed by atoms with Crippen molar-refractivity contribution in [2.24, 2.45) is 0 Å². The molecule has 1 aliphatic rings. The molecule has 0 aromatic heterocycles. The Morgan fingerprint density at radius 3 is 2.22 bits per heavy atom. The third kappa shape index (κ3) is 5.02. The maximum absolute atomic E-state index is 13.5. The molecule has 1 atom stereocenters. The summed E-state index contributed by atoms with van der Waals surface area (Å²) in [4.78, 5) is 27.1. The number of sulfonamides is 1. The number of nitrogens with one attached hydrogen (secondary N) is 1. The van der Waals surface area contributed by atoms with E-state index in [0.29, 0.717) is 29.7 Å². The van der Waals surface area contributed by atoms with Gasteiger partial charge >= 0.3 is 0 Å². The molecule has 1 N–H and O–H groups in total. The van der Waals surface area contributed by atoms with Gasteiger partial charge in [-0.15, -0.1) is 0 Å². The average molecular weight is 458 g/mol. The zero-order valence-corrected chi connectivity index (χ0v) is 20.1. The van der Waals surface area contributed by atoms with Gasteiger partial charge in [0.2, 0.25) is 21.8 Å². The highest BCUT2D eigenvalue weighted by molar-refractivity contribution is 7.89. The van der Waals surface area contributed by atoms with Crippen LogP contribution in [0.1, 0.15) is 35.1 Å². The van der Waals surface area contributed by atoms with Gasteiger partial charge in [-0.3, -0.25) is 9.59 Å². The highest BCUT2D eigenvalue weighted by atomic mass is 32.2. The van der Waals surface area contributed by atoms with Gasteiger partial charge in [-0.25, -0.2) is 8.42 Å². The summed E-state index contributed by atoms with van der Waals surface area (Å²) in [7, 11) is -2.31. The molecule has 2 amide bonds. The van der Waals surface area contributed by atoms with Crippen molar-refractivity contribution in [3.8, 4) is 0 Å². The standard InChI is InChI=1S/C24H31N3O4S/c1-16-8-10-20(11-9-16)25-22(28)15-26(5)24(29)21-7-6-12-27(21)32(30,31)23-18(3)13-17(2)14-19(23)4/h8-11,13-14,21H,6-7,12,15H2,1-5H3,(H,25,28). The zero-order chi connectivity index (χ0) is 23.6. The minimum absolute atomic E-state index is 0.153. The van der Waals surface area contributed by atoms with Gasteiger partial charge in [0.05, 0.1) is 11.4 Å². The van der Waals surface area contributed by atoms with Crippen molar-refractivity contribution in [2.75, 3.05) is 25.5 Å². The van der Waals surface area contributed by atoms with E-state index in [-0.39, 0.29) is 29.8 Å². The summed E-state index contributed by atoms with van der Waals surface area (Å²) in [5.41, 5.74) is 4.07. The Balaban J connectivity index is 1.74. The van der Waals surface area contributed by atoms with E-state index in [1.54, 1.807) is 26.0 Å². The minimum atomic E-state index is -3.84. The molecule has 1 heterocycles. The Bertz CT molecular complexity index is 1100. The van der Waals surface area contributed by atoms with Crippen LogP contribution in [0.4, 0.5) is 5.69 Å². The number of hydrogen-bond donors (Lipinski definition) is 1. The fourth-order valence-corrected chi connectivity index (χ4v) is 6.42. The first-order valence-corrected chi connectivity index (χ1v) is 12.2. The smallest absolute Gasteiger partial charge is 0.244 e. The lowest BCUT2D eigenvalue weighted by Gasteiger charge is -2.28. The quantitative estimate of drug-likeness (QED) is 0.722. The molecule has 8 heteroatoms. The molecule has 0 radical (unpaired) electrons. The maximum atomic E-state index is 13.5. The molecule has 3 rings (SSSR count). The van der Waals surface area contributed by atoms with Crippen LogP contribution in [0.3, 0.4) is 0 Å². The monoisotopic (exact) mass is 457 g/mol. The number of carbonyl (C=O) groups excluding carboxylic acids is 2. The summed E-state index contributed by atoms with van der Waals surface area (Å²) in [6.45, 7) is 7.57. The van der Waals surface area contributed by atoms with Gasteiger partial charge in [-0.05, 0) is 63.8 Å². The molecule has 2 aromatic carbocycles. The number of carbonyl (C=O) groups is 2. The Labute approximate surface area is 190 Å². The maximum Gasteiger partial charge on any atom is 0.244 e. The Hall–Kier alpha value is -2.71. The van der Waals surface area contributed by atoms with E-state index in [1.807, 2.05) is 38.1 Å². The van der Waals surface area contributed by atoms with E-state index in [1.165, 1.54) is 16.3 Å². The van der Waals surface area contributed by atoms with E-state index in [9.17, 15) is 18.0 Å². The van der Waals surface area contributed by atoms with Crippen molar-refractivity contribution in [2.45, 2.75) is 51.5 Å². The Morgan fingerprint density at radius 2 is 1.62 bits per heavy atom. The van der Waals surface area contributed by atoms with Gasteiger partial charge < -0.3 is 10.2 Å². The second kappa shape index (κ2) is 9.42. The van der Waals surface area contributed by atoms with Crippen LogP contribution in [0.2, 0.25) is 0 Å². The molecule has 1 saturated heterocycles. The minimum Gasteiger partial charge on any atom is -0.335 e. The first-order valence-electron chi connectivity index (χ1n) is 10.7. The first-order chi connectivity index (χ1) is 15.0. The van der Waals surface area contributed by atoms with Crippen molar-refractivity contribution in [3.63, 3.8) is 0 Å². The molecule has 0 aliphatic carbocycles. The number of benzene rings is 2. The average Bonchev–Trinajstić information content (AvgIpc) is 3.18. The van der Waals surface area contributed by atoms with Crippen LogP contribution in [0.25, 0.3) is 0 Å². The lowest BCUT2D eigenvalue weighted by molar-refractivity contribution is -0.136. The summed E-state index contributed by atoms with van der Waals surface area (Å²) in [6.07, 6.45) is 1.04. The highest BCUT2D eigenvalue weighted by Gasteiger charge is 2.41. The predicted octanol–water partition coefficient (Wildman–Crippen LogP) is 3.17. The van der Waals surface area contributed by atoms with Crippen molar-refractivity contribution in [1.29, 1.82) is 0 Å². The summed E-state index contributed by atoms with van der Waals surface area (Å²) >= 11 is 0. The molecule has 0 bridgehead atoms. The second-order valence-electron chi connectivity index (χ2n) is 8.61. The summed E-state index contributed by atoms with van der Waals surface area (Å²) in [6, 6.07) is 10.3. The van der Waals surface area contributed by atoms with Crippen LogP contribution in [-0.2, 0) is 19.6 Å². The van der Waals surface area contributed by atoms with Gasteiger partial charge in [0.15, 0.2) is 0 Å². The third-order valence-corrected chi connectivity index (χ3v) is 7.97. The van der Waals surface area contributed by atoms with Crippen LogP contribution >= 0.6 is 0 Å². The van der Waals surface area contributed by atoms with E-state index in [2.05, 4.69) is 5.32 Å². The molecule has 172 valence electrons. The first kappa shape index (κ1) is 23.9. The fourth-order valence-electron chi connectivity index (χ4n) is 4.35. The number of nitrogens with zero attached hydrogens (tertiary/aromatic N) is 2. The van der Waals surface area contributed by atoms with Gasteiger partial charge in [-0.2, -0.15) is 4.31 Å². The normalized spacial score (nSPS) is 16.7. The van der Waals surface area contributed by atoms with E-state index < -0.39 is 16.1 Å². The predicted molar refractivity (Wildman–Crippen MR) is 125 cm³/mol. The van der Waals surface area contributed by atoms with Gasteiger partial charge in [0, 0.05) is 19.3 Å². The van der Waals surface area contributed by atoms with Crippen LogP contribution in [0.15, 0.2) is 41.3 Å². The zero-order valence-electron chi connectivity index (χ0n) is 19.3. The molecule has 1 fully saturated rings. The summed E-state index contributed by atoms with van der Waals surface area (Å²) < 4.78 is 28.3. The number of rotatable bonds is 6. The number of aryl methyl sites for hydroxylation is 4. The molecule has 7 nitrogen and oxygen atoms in total. The molecule has 0 saturated carbocycles. The van der Waals surface area contributed by atoms with Crippen LogP contribution in [0.5, 0.6) is 0 Å². The van der Waals surface area contributed by atoms with Crippen molar-refractivity contribution < 1.29 is 18.0 Å². The molecule has 1 unspecified atom stereocenters. The van der Waals surface area contributed by atoms with Gasteiger partial charge in [0.25, 0.3) is 0 Å². The topological polar surface area (TPSA) is 86.8 Å². The van der Waals surface area contributed by atoms with Crippen molar-refractivity contribution >= 4 is 27.5 Å². The largest absolute Gasteiger partial charge is 0.335 e. The molecule has 1 aliphatic heterocycles. The molecular weight excluding hydrogens is 426 g/mol. The summed E-state index contributed by atoms with van der Waals surface area (Å²) in [5.74, 6) is -0.699. The highest BCUT2D eigenvalue weighted by Crippen LogP contribution is 2.31. The number of hydrogen-bond acceptors (Lipinski definition) is 4. The SMILES string of the molecule is Cc1ccc(NC(=O)CN(C)C(=O)C2CCCN2S(=O)(=O)c2c(C)cc(C)cc2C)cc1. The van der Waals surface area contributed by atoms with Gasteiger partial charge in [-0.1, -0.05) is 35.4 Å². The Morgan fingerprint density at radius 1 is 1.03 bits per heavy atom. The van der Waals surface area contributed by atoms with E-state index in [4.69, 9.17) is 0 Å². The lowest BCUT2D eigenvalue weighted by Crippen LogP contribution is -2.48. The van der Waals surface area contributed by atoms with Gasteiger partial charge in [0.1, 0.15) is 6.04 Å². The number of amides is 2. The third-order valence-electron chi connectivity index (χ3n) is 5.75. The van der Waals surface area contributed by atoms with E-state index in [0.717, 1.165) is 11.1 Å². The Kier molecular flexibility index (Phi) is 7.05. The van der Waals surface area contributed by atoms with Crippen molar-refractivity contribution in [1.82, 2.24) is 9.21 Å². The lowest BCUT2D eigenvalue weighted by atomic mass is 10.1. The van der Waals surface area contributed by atoms with Crippen molar-refractivity contribution in [3.05, 3.63) is 58.7 Å². The fraction of sp³-hybridized carbons (Fsp3) is 0.417. The molecular formula is C24H31N3O4S. The molecule has 32 heavy (non-hydrogen) atoms. The van der Waals surface area contributed by atoms with Crippen LogP contribution in [0, 0.1) is 27.7 Å². The van der Waals surface area contributed by atoms with Crippen LogP contribution < -0.4 is 5.32 Å². The second-order valence-corrected chi connectivity index (χ2v) is 10.4. The van der Waals surface area contributed by atoms with Crippen LogP contribution in [-0.4, -0.2) is 55.6 Å². The number of likely N-dealkylation sites (N-methyl/N-ethyl adjacent to an activating group) is 1. The van der Waals surface area contributed by atoms with E-state index >= 15 is 0 Å². The summed E-state index contributed by atoms with van der Waals surface area (Å²) in [5, 5.41) is 2.77.